The molecule has 19 heavy (non-hydrogen) atoms. The molecule has 5 heteroatoms. The molecule has 3 rings (SSSR count). The van der Waals surface area contributed by atoms with Gasteiger partial charge in [0.25, 0.3) is 0 Å². The first-order chi connectivity index (χ1) is 9.36. The molecular weight excluding hydrogens is 238 g/mol. The normalized spacial score (nSPS) is 10.1. The number of rotatable bonds is 2. The lowest BCUT2D eigenvalue weighted by Gasteiger charge is -1.96. The minimum atomic E-state index is 0.542. The second-order valence-corrected chi connectivity index (χ2v) is 3.90. The van der Waals surface area contributed by atoms with E-state index >= 15 is 0 Å². The molecule has 0 spiro atoms. The van der Waals surface area contributed by atoms with Gasteiger partial charge in [0.05, 0.1) is 12.3 Å². The van der Waals surface area contributed by atoms with Crippen molar-refractivity contribution < 1.29 is 0 Å². The first-order valence-corrected chi connectivity index (χ1v) is 5.70. The molecule has 0 atom stereocenters. The lowest BCUT2D eigenvalue weighted by atomic mass is 10.2. The molecule has 90 valence electrons. The van der Waals surface area contributed by atoms with Gasteiger partial charge in [-0.2, -0.15) is 0 Å². The molecule has 1 aromatic heterocycles. The van der Waals surface area contributed by atoms with Gasteiger partial charge in [-0.05, 0) is 17.3 Å². The quantitative estimate of drug-likeness (QED) is 0.654. The summed E-state index contributed by atoms with van der Waals surface area (Å²) in [5.74, 6) is 0.542. The van der Waals surface area contributed by atoms with Crippen LogP contribution in [-0.2, 0) is 0 Å². The minimum absolute atomic E-state index is 0.542. The number of nitrogens with zero attached hydrogens (tertiary/aromatic N) is 5. The summed E-state index contributed by atoms with van der Waals surface area (Å²) in [7, 11) is 0. The highest BCUT2D eigenvalue weighted by Gasteiger charge is 2.06. The highest BCUT2D eigenvalue weighted by atomic mass is 15.6. The first-order valence-electron chi connectivity index (χ1n) is 5.70. The molecule has 0 unspecified atom stereocenters. The van der Waals surface area contributed by atoms with E-state index in [0.29, 0.717) is 11.5 Å². The van der Waals surface area contributed by atoms with E-state index < -0.39 is 0 Å². The monoisotopic (exact) mass is 247 g/mol. The van der Waals surface area contributed by atoms with E-state index in [1.54, 1.807) is 12.1 Å². The molecular formula is C14H9N5. The van der Waals surface area contributed by atoms with E-state index in [2.05, 4.69) is 20.3 Å². The van der Waals surface area contributed by atoms with Crippen molar-refractivity contribution in [3.8, 4) is 17.1 Å². The predicted molar refractivity (Wildman–Crippen MR) is 70.9 cm³/mol. The molecule has 3 aromatic rings. The Bertz CT molecular complexity index is 723. The van der Waals surface area contributed by atoms with Gasteiger partial charge in [0.2, 0.25) is 5.82 Å². The molecule has 0 saturated heterocycles. The molecule has 0 bridgehead atoms. The molecule has 0 saturated carbocycles. The lowest BCUT2D eigenvalue weighted by Crippen LogP contribution is -1.98. The number of hydrogen-bond acceptors (Lipinski definition) is 3. The summed E-state index contributed by atoms with van der Waals surface area (Å²) in [6.45, 7) is 6.91. The van der Waals surface area contributed by atoms with E-state index in [1.165, 1.54) is 4.80 Å². The molecule has 0 aliphatic heterocycles. The zero-order chi connectivity index (χ0) is 13.1. The zero-order valence-electron chi connectivity index (χ0n) is 9.93. The van der Waals surface area contributed by atoms with Gasteiger partial charge in [-0.3, -0.25) is 0 Å². The van der Waals surface area contributed by atoms with Crippen LogP contribution in [0.1, 0.15) is 0 Å². The Morgan fingerprint density at radius 1 is 0.947 bits per heavy atom. The van der Waals surface area contributed by atoms with Gasteiger partial charge in [0.15, 0.2) is 5.69 Å². The van der Waals surface area contributed by atoms with E-state index in [-0.39, 0.29) is 0 Å². The van der Waals surface area contributed by atoms with Crippen molar-refractivity contribution in [2.24, 2.45) is 0 Å². The summed E-state index contributed by atoms with van der Waals surface area (Å²) in [5, 5.41) is 12.4. The van der Waals surface area contributed by atoms with Crippen molar-refractivity contribution in [2.45, 2.75) is 0 Å². The molecule has 1 heterocycles. The third-order valence-corrected chi connectivity index (χ3v) is 2.66. The summed E-state index contributed by atoms with van der Waals surface area (Å²) >= 11 is 0. The second-order valence-electron chi connectivity index (χ2n) is 3.90. The van der Waals surface area contributed by atoms with Crippen LogP contribution in [0.15, 0.2) is 54.6 Å². The lowest BCUT2D eigenvalue weighted by molar-refractivity contribution is 0.720. The SMILES string of the molecule is [C-]#[N+]c1ccc(-c2nnn(-c3ccccc3)n2)cc1. The van der Waals surface area contributed by atoms with Gasteiger partial charge in [0, 0.05) is 5.56 Å². The molecule has 0 aliphatic carbocycles. The largest absolute Gasteiger partial charge is 0.238 e. The average molecular weight is 247 g/mol. The summed E-state index contributed by atoms with van der Waals surface area (Å²) in [5.41, 5.74) is 2.30. The number of aromatic nitrogens is 4. The Morgan fingerprint density at radius 3 is 2.37 bits per heavy atom. The van der Waals surface area contributed by atoms with Crippen LogP contribution in [-0.4, -0.2) is 20.2 Å². The third kappa shape index (κ3) is 2.19. The fraction of sp³-hybridized carbons (Fsp3) is 0. The molecule has 2 aromatic carbocycles. The minimum Gasteiger partial charge on any atom is -0.238 e. The van der Waals surface area contributed by atoms with Crippen LogP contribution in [0.2, 0.25) is 0 Å². The summed E-state index contributed by atoms with van der Waals surface area (Å²) in [4.78, 5) is 4.83. The maximum atomic E-state index is 6.91. The number of benzene rings is 2. The number of hydrogen-bond donors (Lipinski definition) is 0. The number of tetrazole rings is 1. The smallest absolute Gasteiger partial charge is 0.205 e. The molecule has 5 nitrogen and oxygen atoms in total. The maximum Gasteiger partial charge on any atom is 0.205 e. The van der Waals surface area contributed by atoms with Crippen molar-refractivity contribution in [2.75, 3.05) is 0 Å². The van der Waals surface area contributed by atoms with Gasteiger partial charge in [-0.1, -0.05) is 42.5 Å². The van der Waals surface area contributed by atoms with Crippen LogP contribution in [0, 0.1) is 6.57 Å². The Morgan fingerprint density at radius 2 is 1.68 bits per heavy atom. The van der Waals surface area contributed by atoms with Crippen LogP contribution in [0.3, 0.4) is 0 Å². The molecule has 0 fully saturated rings. The summed E-state index contributed by atoms with van der Waals surface area (Å²) in [6, 6.07) is 16.7. The van der Waals surface area contributed by atoms with Gasteiger partial charge >= 0.3 is 0 Å². The Balaban J connectivity index is 1.95. The Hall–Kier alpha value is -3.00. The van der Waals surface area contributed by atoms with Gasteiger partial charge < -0.3 is 0 Å². The van der Waals surface area contributed by atoms with Crippen molar-refractivity contribution in [1.29, 1.82) is 0 Å². The van der Waals surface area contributed by atoms with E-state index in [0.717, 1.165) is 11.3 Å². The van der Waals surface area contributed by atoms with E-state index in [9.17, 15) is 0 Å². The summed E-state index contributed by atoms with van der Waals surface area (Å²) in [6.07, 6.45) is 0. The van der Waals surface area contributed by atoms with Crippen molar-refractivity contribution in [1.82, 2.24) is 20.2 Å². The van der Waals surface area contributed by atoms with Crippen molar-refractivity contribution in [3.05, 3.63) is 66.0 Å². The fourth-order valence-electron chi connectivity index (χ4n) is 1.69. The van der Waals surface area contributed by atoms with Gasteiger partial charge in [-0.25, -0.2) is 4.85 Å². The van der Waals surface area contributed by atoms with Crippen LogP contribution in [0.4, 0.5) is 5.69 Å². The highest BCUT2D eigenvalue weighted by molar-refractivity contribution is 5.59. The highest BCUT2D eigenvalue weighted by Crippen LogP contribution is 2.19. The molecule has 0 aliphatic rings. The topological polar surface area (TPSA) is 48.0 Å². The Labute approximate surface area is 109 Å². The molecule has 0 N–H and O–H groups in total. The molecule has 0 amide bonds. The van der Waals surface area contributed by atoms with Crippen LogP contribution in [0.25, 0.3) is 21.9 Å². The summed E-state index contributed by atoms with van der Waals surface area (Å²) < 4.78 is 0. The first kappa shape index (κ1) is 11.1. The van der Waals surface area contributed by atoms with Crippen LogP contribution in [0.5, 0.6) is 0 Å². The third-order valence-electron chi connectivity index (χ3n) is 2.66. The van der Waals surface area contributed by atoms with Crippen molar-refractivity contribution >= 4 is 5.69 Å². The maximum absolute atomic E-state index is 6.91. The van der Waals surface area contributed by atoms with Gasteiger partial charge in [0.1, 0.15) is 0 Å². The second kappa shape index (κ2) is 4.70. The van der Waals surface area contributed by atoms with E-state index in [1.807, 2.05) is 42.5 Å². The fourth-order valence-corrected chi connectivity index (χ4v) is 1.69. The van der Waals surface area contributed by atoms with Crippen molar-refractivity contribution in [3.63, 3.8) is 0 Å². The van der Waals surface area contributed by atoms with E-state index in [4.69, 9.17) is 6.57 Å². The standard InChI is InChI=1S/C14H9N5/c1-15-12-9-7-11(8-10-12)14-16-18-19(17-14)13-5-3-2-4-6-13/h2-10H. The predicted octanol–water partition coefficient (Wildman–Crippen LogP) is 2.88. The average Bonchev–Trinajstić information content (AvgIpc) is 2.98. The molecule has 0 radical (unpaired) electrons. The Kier molecular flexibility index (Phi) is 2.75. The van der Waals surface area contributed by atoms with Crippen LogP contribution < -0.4 is 0 Å². The zero-order valence-corrected chi connectivity index (χ0v) is 9.93. The van der Waals surface area contributed by atoms with Crippen LogP contribution >= 0.6 is 0 Å². The number of para-hydroxylation sites is 1. The van der Waals surface area contributed by atoms with Gasteiger partial charge in [-0.15, -0.1) is 15.0 Å².